The molecule has 0 spiro atoms. The molecular formula is C28H37N3O. The largest absolute Gasteiger partial charge is 0.370 e. The van der Waals surface area contributed by atoms with Gasteiger partial charge in [0.15, 0.2) is 0 Å². The number of anilines is 1. The van der Waals surface area contributed by atoms with Crippen molar-refractivity contribution in [1.29, 1.82) is 0 Å². The van der Waals surface area contributed by atoms with Crippen molar-refractivity contribution in [2.45, 2.75) is 60.8 Å². The zero-order valence-corrected chi connectivity index (χ0v) is 20.5. The summed E-state index contributed by atoms with van der Waals surface area (Å²) in [5, 5.41) is 5.40. The van der Waals surface area contributed by atoms with Crippen LogP contribution in [-0.4, -0.2) is 30.5 Å². The van der Waals surface area contributed by atoms with Crippen LogP contribution in [0.3, 0.4) is 0 Å². The molecule has 2 aromatic carbocycles. The first-order valence-electron chi connectivity index (χ1n) is 12.0. The van der Waals surface area contributed by atoms with E-state index in [0.717, 1.165) is 60.4 Å². The van der Waals surface area contributed by atoms with E-state index in [2.05, 4.69) is 76.0 Å². The summed E-state index contributed by atoms with van der Waals surface area (Å²) < 4.78 is 0. The van der Waals surface area contributed by atoms with Crippen molar-refractivity contribution in [2.24, 2.45) is 0 Å². The quantitative estimate of drug-likeness (QED) is 0.415. The fraction of sp³-hybridized carbons (Fsp3) is 0.429. The van der Waals surface area contributed by atoms with E-state index in [1.807, 2.05) is 12.1 Å². The lowest BCUT2D eigenvalue weighted by molar-refractivity contribution is 0.0953. The van der Waals surface area contributed by atoms with Crippen LogP contribution in [-0.2, 0) is 0 Å². The normalized spacial score (nSPS) is 11.1. The summed E-state index contributed by atoms with van der Waals surface area (Å²) in [5.41, 5.74) is 7.31. The average Bonchev–Trinajstić information content (AvgIpc) is 2.77. The summed E-state index contributed by atoms with van der Waals surface area (Å²) in [7, 11) is 0. The van der Waals surface area contributed by atoms with Crippen LogP contribution in [0.2, 0.25) is 0 Å². The second-order valence-corrected chi connectivity index (χ2v) is 8.67. The second kappa shape index (κ2) is 10.6. The van der Waals surface area contributed by atoms with Gasteiger partial charge in [0.25, 0.3) is 5.91 Å². The second-order valence-electron chi connectivity index (χ2n) is 8.67. The minimum Gasteiger partial charge on any atom is -0.370 e. The zero-order valence-electron chi connectivity index (χ0n) is 20.5. The van der Waals surface area contributed by atoms with Gasteiger partial charge in [0, 0.05) is 41.5 Å². The minimum absolute atomic E-state index is 0.0104. The highest BCUT2D eigenvalue weighted by molar-refractivity contribution is 6.04. The van der Waals surface area contributed by atoms with E-state index < -0.39 is 0 Å². The molecule has 0 saturated heterocycles. The first-order chi connectivity index (χ1) is 15.4. The van der Waals surface area contributed by atoms with Crippen molar-refractivity contribution >= 4 is 22.4 Å². The maximum absolute atomic E-state index is 12.5. The van der Waals surface area contributed by atoms with Crippen molar-refractivity contribution in [1.82, 2.24) is 10.3 Å². The molecule has 0 unspecified atom stereocenters. The number of carbonyl (C=O) groups is 1. The minimum atomic E-state index is -0.0104. The Bertz CT molecular complexity index is 1070. The van der Waals surface area contributed by atoms with Crippen molar-refractivity contribution in [3.8, 4) is 11.3 Å². The molecule has 1 aromatic heterocycles. The van der Waals surface area contributed by atoms with Gasteiger partial charge >= 0.3 is 0 Å². The van der Waals surface area contributed by atoms with Gasteiger partial charge < -0.3 is 10.2 Å². The van der Waals surface area contributed by atoms with Gasteiger partial charge in [-0.25, -0.2) is 0 Å². The Labute approximate surface area is 193 Å². The van der Waals surface area contributed by atoms with Crippen LogP contribution in [0.4, 0.5) is 5.69 Å². The number of nitrogens with one attached hydrogen (secondary N) is 1. The highest BCUT2D eigenvalue weighted by Gasteiger charge is 2.20. The van der Waals surface area contributed by atoms with E-state index in [0.29, 0.717) is 12.1 Å². The molecule has 1 amide bonds. The molecule has 0 saturated carbocycles. The predicted octanol–water partition coefficient (Wildman–Crippen LogP) is 6.59. The van der Waals surface area contributed by atoms with E-state index in [1.54, 1.807) is 0 Å². The van der Waals surface area contributed by atoms with Gasteiger partial charge in [0.05, 0.1) is 17.1 Å². The van der Waals surface area contributed by atoms with Crippen molar-refractivity contribution in [3.05, 3.63) is 58.8 Å². The SMILES string of the molecule is CCCNC(=O)c1cc(C)c(-c2nc(C)c(N(CCC)CCC)c3ccccc23)c(C)c1. The van der Waals surface area contributed by atoms with Crippen LogP contribution in [0, 0.1) is 20.8 Å². The third kappa shape index (κ3) is 4.79. The molecule has 0 aliphatic carbocycles. The molecule has 1 N–H and O–H groups in total. The molecule has 0 radical (unpaired) electrons. The Kier molecular flexibility index (Phi) is 7.89. The standard InChI is InChI=1S/C28H37N3O/c1-7-14-29-28(32)22-17-19(4)25(20(5)18-22)26-23-12-10-11-13-24(23)27(21(6)30-26)31(15-8-2)16-9-3/h10-13,17-18H,7-9,14-16H2,1-6H3,(H,29,32). The van der Waals surface area contributed by atoms with Gasteiger partial charge in [0.1, 0.15) is 0 Å². The van der Waals surface area contributed by atoms with Crippen LogP contribution < -0.4 is 10.2 Å². The number of hydrogen-bond acceptors (Lipinski definition) is 3. The predicted molar refractivity (Wildman–Crippen MR) is 137 cm³/mol. The summed E-state index contributed by atoms with van der Waals surface area (Å²) in [6.45, 7) is 15.6. The van der Waals surface area contributed by atoms with E-state index in [9.17, 15) is 4.79 Å². The Morgan fingerprint density at radius 3 is 2.06 bits per heavy atom. The summed E-state index contributed by atoms with van der Waals surface area (Å²) in [5.74, 6) is -0.0104. The number of fused-ring (bicyclic) bond motifs is 1. The third-order valence-electron chi connectivity index (χ3n) is 5.93. The lowest BCUT2D eigenvalue weighted by Crippen LogP contribution is -2.26. The molecule has 0 bridgehead atoms. The number of carbonyl (C=O) groups excluding carboxylic acids is 1. The Hall–Kier alpha value is -2.88. The number of amides is 1. The number of nitrogens with zero attached hydrogens (tertiary/aromatic N) is 2. The third-order valence-corrected chi connectivity index (χ3v) is 5.93. The van der Waals surface area contributed by atoms with Gasteiger partial charge in [-0.05, 0) is 63.3 Å². The number of benzene rings is 2. The number of hydrogen-bond donors (Lipinski definition) is 1. The molecule has 4 heteroatoms. The molecule has 0 atom stereocenters. The topological polar surface area (TPSA) is 45.2 Å². The number of aromatic nitrogens is 1. The van der Waals surface area contributed by atoms with Crippen molar-refractivity contribution in [3.63, 3.8) is 0 Å². The summed E-state index contributed by atoms with van der Waals surface area (Å²) in [6.07, 6.45) is 3.14. The van der Waals surface area contributed by atoms with E-state index >= 15 is 0 Å². The van der Waals surface area contributed by atoms with Crippen LogP contribution in [0.25, 0.3) is 22.0 Å². The molecular weight excluding hydrogens is 394 g/mol. The smallest absolute Gasteiger partial charge is 0.251 e. The van der Waals surface area contributed by atoms with Gasteiger partial charge in [-0.3, -0.25) is 9.78 Å². The van der Waals surface area contributed by atoms with Gasteiger partial charge in [0.2, 0.25) is 0 Å². The fourth-order valence-corrected chi connectivity index (χ4v) is 4.65. The Balaban J connectivity index is 2.19. The summed E-state index contributed by atoms with van der Waals surface area (Å²) >= 11 is 0. The maximum Gasteiger partial charge on any atom is 0.251 e. The van der Waals surface area contributed by atoms with E-state index in [-0.39, 0.29) is 5.91 Å². The average molecular weight is 432 g/mol. The molecule has 0 aliphatic heterocycles. The summed E-state index contributed by atoms with van der Waals surface area (Å²) in [6, 6.07) is 12.6. The molecule has 32 heavy (non-hydrogen) atoms. The van der Waals surface area contributed by atoms with Crippen LogP contribution >= 0.6 is 0 Å². The van der Waals surface area contributed by atoms with Gasteiger partial charge in [-0.1, -0.05) is 45.0 Å². The molecule has 1 heterocycles. The Morgan fingerprint density at radius 2 is 1.50 bits per heavy atom. The molecule has 3 rings (SSSR count). The molecule has 0 fully saturated rings. The highest BCUT2D eigenvalue weighted by atomic mass is 16.1. The number of rotatable bonds is 9. The van der Waals surface area contributed by atoms with Gasteiger partial charge in [-0.2, -0.15) is 0 Å². The van der Waals surface area contributed by atoms with Crippen LogP contribution in [0.15, 0.2) is 36.4 Å². The molecule has 4 nitrogen and oxygen atoms in total. The number of aryl methyl sites for hydroxylation is 3. The van der Waals surface area contributed by atoms with Crippen LogP contribution in [0.5, 0.6) is 0 Å². The maximum atomic E-state index is 12.5. The first kappa shape index (κ1) is 23.8. The molecule has 3 aromatic rings. The van der Waals surface area contributed by atoms with E-state index in [1.165, 1.54) is 16.5 Å². The van der Waals surface area contributed by atoms with Crippen LogP contribution in [0.1, 0.15) is 67.2 Å². The first-order valence-corrected chi connectivity index (χ1v) is 12.0. The van der Waals surface area contributed by atoms with Crippen molar-refractivity contribution < 1.29 is 4.79 Å². The van der Waals surface area contributed by atoms with E-state index in [4.69, 9.17) is 4.98 Å². The number of pyridine rings is 1. The highest BCUT2D eigenvalue weighted by Crippen LogP contribution is 2.38. The molecule has 0 aliphatic rings. The lowest BCUT2D eigenvalue weighted by Gasteiger charge is -2.28. The van der Waals surface area contributed by atoms with Gasteiger partial charge in [-0.15, -0.1) is 0 Å². The summed E-state index contributed by atoms with van der Waals surface area (Å²) in [4.78, 5) is 20.2. The lowest BCUT2D eigenvalue weighted by atomic mass is 9.92. The fourth-order valence-electron chi connectivity index (χ4n) is 4.65. The van der Waals surface area contributed by atoms with Crippen molar-refractivity contribution in [2.75, 3.05) is 24.5 Å². The Morgan fingerprint density at radius 1 is 0.906 bits per heavy atom. The monoisotopic (exact) mass is 431 g/mol. The molecule has 170 valence electrons. The zero-order chi connectivity index (χ0) is 23.3.